The van der Waals surface area contributed by atoms with Gasteiger partial charge in [-0.05, 0) is 61.1 Å². The van der Waals surface area contributed by atoms with E-state index in [0.717, 1.165) is 62.3 Å². The molecule has 2 aliphatic heterocycles. The van der Waals surface area contributed by atoms with Crippen molar-refractivity contribution in [1.29, 1.82) is 0 Å². The highest BCUT2D eigenvalue weighted by Gasteiger charge is 2.41. The fourth-order valence-electron chi connectivity index (χ4n) is 5.41. The molecule has 200 valence electrons. The molecule has 2 saturated heterocycles. The Morgan fingerprint density at radius 3 is 2.13 bits per heavy atom. The van der Waals surface area contributed by atoms with E-state index in [-0.39, 0.29) is 12.0 Å². The molecule has 9 heteroatoms. The summed E-state index contributed by atoms with van der Waals surface area (Å²) >= 11 is 0. The van der Waals surface area contributed by atoms with Crippen LogP contribution in [0.4, 0.5) is 28.2 Å². The molecule has 5 rings (SSSR count). The van der Waals surface area contributed by atoms with E-state index in [1.165, 1.54) is 0 Å². The Bertz CT molecular complexity index is 1250. The van der Waals surface area contributed by atoms with Gasteiger partial charge >= 0.3 is 12.2 Å². The van der Waals surface area contributed by atoms with Gasteiger partial charge in [-0.15, -0.1) is 0 Å². The third-order valence-corrected chi connectivity index (χ3v) is 7.41. The van der Waals surface area contributed by atoms with E-state index in [2.05, 4.69) is 15.2 Å². The number of aromatic nitrogens is 1. The van der Waals surface area contributed by atoms with E-state index in [4.69, 9.17) is 0 Å². The lowest BCUT2D eigenvalue weighted by molar-refractivity contribution is -0.137. The van der Waals surface area contributed by atoms with E-state index in [1.54, 1.807) is 17.2 Å². The van der Waals surface area contributed by atoms with Gasteiger partial charge in [0.25, 0.3) is 0 Å². The Morgan fingerprint density at radius 1 is 0.842 bits per heavy atom. The topological polar surface area (TPSA) is 48.5 Å². The summed E-state index contributed by atoms with van der Waals surface area (Å²) < 4.78 is 56.3. The van der Waals surface area contributed by atoms with Crippen LogP contribution in [0.2, 0.25) is 0 Å². The van der Waals surface area contributed by atoms with Crippen LogP contribution in [0.5, 0.6) is 0 Å². The Labute approximate surface area is 219 Å². The first-order valence-electron chi connectivity index (χ1n) is 13.0. The Morgan fingerprint density at radius 2 is 1.50 bits per heavy atom. The number of pyridine rings is 1. The van der Waals surface area contributed by atoms with Gasteiger partial charge in [0.2, 0.25) is 0 Å². The van der Waals surface area contributed by atoms with Crippen molar-refractivity contribution in [2.45, 2.75) is 43.8 Å². The number of nitrogens with one attached hydrogen (secondary N) is 1. The molecule has 1 atom stereocenters. The van der Waals surface area contributed by atoms with E-state index < -0.39 is 29.1 Å². The molecule has 38 heavy (non-hydrogen) atoms. The van der Waals surface area contributed by atoms with Crippen molar-refractivity contribution in [2.75, 3.05) is 31.1 Å². The van der Waals surface area contributed by atoms with Crippen molar-refractivity contribution in [3.63, 3.8) is 0 Å². The number of amides is 2. The first-order valence-corrected chi connectivity index (χ1v) is 13.0. The summed E-state index contributed by atoms with van der Waals surface area (Å²) in [5, 5.41) is 3.05. The fourth-order valence-corrected chi connectivity index (χ4v) is 5.41. The van der Waals surface area contributed by atoms with Gasteiger partial charge < -0.3 is 15.1 Å². The molecule has 3 heterocycles. The van der Waals surface area contributed by atoms with E-state index >= 15 is 0 Å². The van der Waals surface area contributed by atoms with Crippen molar-refractivity contribution in [1.82, 2.24) is 15.2 Å². The van der Waals surface area contributed by atoms with Crippen LogP contribution in [0.15, 0.2) is 66.9 Å². The number of urea groups is 1. The predicted octanol–water partition coefficient (Wildman–Crippen LogP) is 6.13. The maximum Gasteiger partial charge on any atom is 0.416 e. The molecule has 2 amide bonds. The lowest BCUT2D eigenvalue weighted by atomic mass is 9.78. The molecule has 0 aliphatic carbocycles. The number of carbonyl (C=O) groups is 1. The quantitative estimate of drug-likeness (QED) is 0.393. The minimum Gasteiger partial charge on any atom is -0.357 e. The lowest BCUT2D eigenvalue weighted by Crippen LogP contribution is -2.53. The highest BCUT2D eigenvalue weighted by Crippen LogP contribution is 2.39. The smallest absolute Gasteiger partial charge is 0.357 e. The number of alkyl halides is 3. The Kier molecular flexibility index (Phi) is 7.27. The number of nitrogens with zero attached hydrogens (tertiary/aromatic N) is 3. The van der Waals surface area contributed by atoms with Gasteiger partial charge in [-0.2, -0.15) is 13.2 Å². The fraction of sp³-hybridized carbons (Fsp3) is 0.379. The first kappa shape index (κ1) is 26.0. The number of anilines is 1. The molecule has 0 bridgehead atoms. The molecule has 0 radical (unpaired) electrons. The predicted molar refractivity (Wildman–Crippen MR) is 137 cm³/mol. The van der Waals surface area contributed by atoms with Crippen LogP contribution in [-0.4, -0.2) is 42.1 Å². The summed E-state index contributed by atoms with van der Waals surface area (Å²) in [7, 11) is 0. The average molecular weight is 527 g/mol. The van der Waals surface area contributed by atoms with Gasteiger partial charge in [0.05, 0.1) is 11.1 Å². The number of hydrogen-bond acceptors (Lipinski definition) is 3. The minimum absolute atomic E-state index is 0.0111. The standard InChI is InChI=1S/C29H30F4N4O/c30-25-17-23(16-24(18-25)29(31,32)33)28(19-21-8-2-1-3-9-21,35-27(38)37-14-6-7-15-37)22-10-11-26(34-20-22)36-12-4-5-13-36/h1-3,8-11,16-18,20H,4-7,12-15,19H2,(H,35,38). The SMILES string of the molecule is O=C(NC(Cc1ccccc1)(c1ccc(N2CCCC2)nc1)c1cc(F)cc(C(F)(F)F)c1)N1CCCC1. The van der Waals surface area contributed by atoms with Crippen molar-refractivity contribution in [3.05, 3.63) is 94.9 Å². The summed E-state index contributed by atoms with van der Waals surface area (Å²) in [4.78, 5) is 21.9. The van der Waals surface area contributed by atoms with Crippen molar-refractivity contribution >= 4 is 11.8 Å². The van der Waals surface area contributed by atoms with Gasteiger partial charge in [0.15, 0.2) is 0 Å². The largest absolute Gasteiger partial charge is 0.416 e. The molecule has 5 nitrogen and oxygen atoms in total. The zero-order valence-electron chi connectivity index (χ0n) is 21.0. The van der Waals surface area contributed by atoms with Crippen LogP contribution in [0.3, 0.4) is 0 Å². The molecule has 1 aromatic heterocycles. The molecule has 1 N–H and O–H groups in total. The van der Waals surface area contributed by atoms with Gasteiger partial charge in [-0.25, -0.2) is 14.2 Å². The van der Waals surface area contributed by atoms with Gasteiger partial charge in [-0.1, -0.05) is 36.4 Å². The maximum atomic E-state index is 14.8. The second-order valence-electron chi connectivity index (χ2n) is 10.0. The molecule has 0 spiro atoms. The van der Waals surface area contributed by atoms with Gasteiger partial charge in [-0.3, -0.25) is 0 Å². The van der Waals surface area contributed by atoms with Crippen LogP contribution in [0, 0.1) is 5.82 Å². The molecule has 2 aliphatic rings. The highest BCUT2D eigenvalue weighted by atomic mass is 19.4. The Balaban J connectivity index is 1.68. The third-order valence-electron chi connectivity index (χ3n) is 7.41. The van der Waals surface area contributed by atoms with Crippen LogP contribution >= 0.6 is 0 Å². The van der Waals surface area contributed by atoms with E-state index in [0.29, 0.717) is 24.7 Å². The minimum atomic E-state index is -4.76. The zero-order valence-corrected chi connectivity index (χ0v) is 21.0. The summed E-state index contributed by atoms with van der Waals surface area (Å²) in [5.74, 6) is -0.259. The monoisotopic (exact) mass is 526 g/mol. The second kappa shape index (κ2) is 10.6. The van der Waals surface area contributed by atoms with Crippen LogP contribution in [0.1, 0.15) is 47.9 Å². The molecule has 0 saturated carbocycles. The summed E-state index contributed by atoms with van der Waals surface area (Å²) in [6.07, 6.45) is 0.782. The number of hydrogen-bond donors (Lipinski definition) is 1. The van der Waals surface area contributed by atoms with Gasteiger partial charge in [0, 0.05) is 44.4 Å². The number of halogens is 4. The molecule has 1 unspecified atom stereocenters. The van der Waals surface area contributed by atoms with Crippen LogP contribution in [0.25, 0.3) is 0 Å². The molecule has 2 aromatic carbocycles. The molecule has 2 fully saturated rings. The normalized spacial score (nSPS) is 17.5. The number of likely N-dealkylation sites (tertiary alicyclic amines) is 1. The second-order valence-corrected chi connectivity index (χ2v) is 10.0. The zero-order chi connectivity index (χ0) is 26.8. The van der Waals surface area contributed by atoms with Crippen molar-refractivity contribution < 1.29 is 22.4 Å². The summed E-state index contributed by atoms with van der Waals surface area (Å²) in [5.41, 5.74) is -1.34. The summed E-state index contributed by atoms with van der Waals surface area (Å²) in [6, 6.07) is 14.9. The average Bonchev–Trinajstić information content (AvgIpc) is 3.63. The number of benzene rings is 2. The van der Waals surface area contributed by atoms with Crippen LogP contribution in [-0.2, 0) is 18.1 Å². The maximum absolute atomic E-state index is 14.8. The van der Waals surface area contributed by atoms with E-state index in [9.17, 15) is 22.4 Å². The van der Waals surface area contributed by atoms with Crippen molar-refractivity contribution in [3.8, 4) is 0 Å². The molecular weight excluding hydrogens is 496 g/mol. The number of carbonyl (C=O) groups excluding carboxylic acids is 1. The lowest BCUT2D eigenvalue weighted by Gasteiger charge is -2.38. The van der Waals surface area contributed by atoms with Crippen molar-refractivity contribution in [2.24, 2.45) is 0 Å². The van der Waals surface area contributed by atoms with Crippen LogP contribution < -0.4 is 10.2 Å². The third kappa shape index (κ3) is 5.47. The van der Waals surface area contributed by atoms with E-state index in [1.807, 2.05) is 36.4 Å². The first-order chi connectivity index (χ1) is 18.2. The molecular formula is C29H30F4N4O. The summed E-state index contributed by atoms with van der Waals surface area (Å²) in [6.45, 7) is 2.87. The number of rotatable bonds is 6. The van der Waals surface area contributed by atoms with Gasteiger partial charge in [0.1, 0.15) is 11.6 Å². The Hall–Kier alpha value is -3.62. The molecule has 3 aromatic rings. The highest BCUT2D eigenvalue weighted by molar-refractivity contribution is 5.76.